The van der Waals surface area contributed by atoms with Crippen molar-refractivity contribution >= 4 is 29.2 Å². The molecule has 3 heterocycles. The van der Waals surface area contributed by atoms with Crippen molar-refractivity contribution in [1.82, 2.24) is 9.88 Å². The Hall–Kier alpha value is -4.07. The zero-order valence-corrected chi connectivity index (χ0v) is 22.3. The van der Waals surface area contributed by atoms with Crippen LogP contribution in [0.3, 0.4) is 0 Å². The highest BCUT2D eigenvalue weighted by Gasteiger charge is 2.51. The van der Waals surface area contributed by atoms with E-state index in [0.717, 1.165) is 16.7 Å². The number of piperidine rings is 1. The monoisotopic (exact) mass is 526 g/mol. The third-order valence-electron chi connectivity index (χ3n) is 8.62. The average molecular weight is 527 g/mol. The van der Waals surface area contributed by atoms with E-state index in [-0.39, 0.29) is 36.1 Å². The van der Waals surface area contributed by atoms with Crippen LogP contribution in [0.25, 0.3) is 0 Å². The molecule has 6 rings (SSSR count). The van der Waals surface area contributed by atoms with Crippen LogP contribution in [0.1, 0.15) is 60.5 Å². The van der Waals surface area contributed by atoms with Crippen LogP contribution >= 0.6 is 0 Å². The van der Waals surface area contributed by atoms with E-state index < -0.39 is 10.8 Å². The number of hydrogen-bond donors (Lipinski definition) is 2. The number of pyridine rings is 1. The standard InChI is InChI=1S/C31H31FN4O3/c1-18-6-7-19(14-24(18)32)25-10-11-30(2,3)29(39)36(25)17-26(37)34-22-9-8-20-15-31(16-21(20)13-22)23-5-4-12-33-27(23)35-28(31)38/h4-9,12-14,25H,10-11,15-17H2,1-3H3,(H,34,37)(H,33,35,38). The quantitative estimate of drug-likeness (QED) is 0.509. The highest BCUT2D eigenvalue weighted by molar-refractivity contribution is 6.06. The number of aryl methyl sites for hydroxylation is 1. The van der Waals surface area contributed by atoms with Gasteiger partial charge in [-0.1, -0.05) is 38.1 Å². The van der Waals surface area contributed by atoms with Gasteiger partial charge in [0.15, 0.2) is 0 Å². The van der Waals surface area contributed by atoms with Crippen molar-refractivity contribution in [3.63, 3.8) is 0 Å². The van der Waals surface area contributed by atoms with Gasteiger partial charge in [0.25, 0.3) is 0 Å². The smallest absolute Gasteiger partial charge is 0.244 e. The summed E-state index contributed by atoms with van der Waals surface area (Å²) in [4.78, 5) is 45.6. The van der Waals surface area contributed by atoms with Crippen LogP contribution in [0, 0.1) is 18.2 Å². The van der Waals surface area contributed by atoms with E-state index in [0.29, 0.717) is 48.3 Å². The number of aromatic nitrogens is 1. The second-order valence-corrected chi connectivity index (χ2v) is 11.7. The van der Waals surface area contributed by atoms with E-state index in [1.54, 1.807) is 24.1 Å². The number of benzene rings is 2. The maximum absolute atomic E-state index is 14.4. The molecule has 0 saturated carbocycles. The Morgan fingerprint density at radius 2 is 1.92 bits per heavy atom. The Kier molecular flexibility index (Phi) is 5.82. The predicted molar refractivity (Wildman–Crippen MR) is 146 cm³/mol. The number of nitrogens with zero attached hydrogens (tertiary/aromatic N) is 2. The predicted octanol–water partition coefficient (Wildman–Crippen LogP) is 4.85. The molecule has 1 saturated heterocycles. The summed E-state index contributed by atoms with van der Waals surface area (Å²) in [5.74, 6) is -0.201. The van der Waals surface area contributed by atoms with Crippen molar-refractivity contribution in [3.8, 4) is 0 Å². The summed E-state index contributed by atoms with van der Waals surface area (Å²) < 4.78 is 14.4. The zero-order chi connectivity index (χ0) is 27.5. The Morgan fingerprint density at radius 1 is 1.13 bits per heavy atom. The summed E-state index contributed by atoms with van der Waals surface area (Å²) in [5.41, 5.74) is 3.54. The topological polar surface area (TPSA) is 91.4 Å². The maximum atomic E-state index is 14.4. The van der Waals surface area contributed by atoms with E-state index in [4.69, 9.17) is 0 Å². The van der Waals surface area contributed by atoms with Crippen molar-refractivity contribution < 1.29 is 18.8 Å². The first-order valence-corrected chi connectivity index (χ1v) is 13.3. The molecule has 2 N–H and O–H groups in total. The number of fused-ring (bicyclic) bond motifs is 3. The molecule has 3 aliphatic rings. The van der Waals surface area contributed by atoms with Gasteiger partial charge >= 0.3 is 0 Å². The number of rotatable bonds is 4. The van der Waals surface area contributed by atoms with Crippen molar-refractivity contribution in [2.45, 2.75) is 57.9 Å². The van der Waals surface area contributed by atoms with E-state index >= 15 is 0 Å². The molecular formula is C31H31FN4O3. The van der Waals surface area contributed by atoms with E-state index in [2.05, 4.69) is 15.6 Å². The van der Waals surface area contributed by atoms with Crippen LogP contribution in [-0.2, 0) is 32.6 Å². The fourth-order valence-electron chi connectivity index (χ4n) is 6.34. The summed E-state index contributed by atoms with van der Waals surface area (Å²) in [6, 6.07) is 14.1. The second-order valence-electron chi connectivity index (χ2n) is 11.7. The van der Waals surface area contributed by atoms with E-state index in [9.17, 15) is 18.8 Å². The summed E-state index contributed by atoms with van der Waals surface area (Å²) in [7, 11) is 0. The first-order valence-electron chi connectivity index (χ1n) is 13.3. The third-order valence-corrected chi connectivity index (χ3v) is 8.62. The lowest BCUT2D eigenvalue weighted by Gasteiger charge is -2.43. The summed E-state index contributed by atoms with van der Waals surface area (Å²) in [5, 5.41) is 5.86. The van der Waals surface area contributed by atoms with Crippen LogP contribution in [0.2, 0.25) is 0 Å². The molecule has 0 radical (unpaired) electrons. The van der Waals surface area contributed by atoms with E-state index in [1.165, 1.54) is 6.07 Å². The molecule has 2 unspecified atom stereocenters. The fourth-order valence-corrected chi connectivity index (χ4v) is 6.34. The lowest BCUT2D eigenvalue weighted by Crippen LogP contribution is -2.50. The minimum atomic E-state index is -0.684. The SMILES string of the molecule is Cc1ccc(C2CCC(C)(C)C(=O)N2CC(=O)Nc2ccc3c(c2)CC2(C3)C(=O)Nc3ncccc32)cc1F. The van der Waals surface area contributed by atoms with Crippen molar-refractivity contribution in [1.29, 1.82) is 0 Å². The molecule has 200 valence electrons. The third kappa shape index (κ3) is 4.18. The first kappa shape index (κ1) is 25.2. The molecule has 1 fully saturated rings. The zero-order valence-electron chi connectivity index (χ0n) is 22.3. The summed E-state index contributed by atoms with van der Waals surface area (Å²) in [6.45, 7) is 5.34. The molecule has 2 aromatic carbocycles. The molecule has 2 atom stereocenters. The van der Waals surface area contributed by atoms with Gasteiger partial charge in [-0.3, -0.25) is 14.4 Å². The van der Waals surface area contributed by atoms with Gasteiger partial charge in [0.2, 0.25) is 17.7 Å². The molecule has 8 heteroatoms. The number of likely N-dealkylation sites (tertiary alicyclic amines) is 1. The highest BCUT2D eigenvalue weighted by atomic mass is 19.1. The molecule has 1 aromatic heterocycles. The molecule has 7 nitrogen and oxygen atoms in total. The van der Waals surface area contributed by atoms with Gasteiger partial charge in [0, 0.05) is 22.9 Å². The van der Waals surface area contributed by atoms with Gasteiger partial charge in [-0.05, 0) is 79.1 Å². The summed E-state index contributed by atoms with van der Waals surface area (Å²) >= 11 is 0. The Labute approximate surface area is 226 Å². The molecular weight excluding hydrogens is 495 g/mol. The molecule has 1 aliphatic carbocycles. The first-order chi connectivity index (χ1) is 18.6. The number of anilines is 2. The molecule has 1 spiro atoms. The summed E-state index contributed by atoms with van der Waals surface area (Å²) in [6.07, 6.45) is 4.07. The van der Waals surface area contributed by atoms with Crippen molar-refractivity contribution in [2.24, 2.45) is 5.41 Å². The number of halogens is 1. The lowest BCUT2D eigenvalue weighted by atomic mass is 9.78. The van der Waals surface area contributed by atoms with Crippen molar-refractivity contribution in [3.05, 3.63) is 88.4 Å². The Morgan fingerprint density at radius 3 is 2.72 bits per heavy atom. The molecule has 3 amide bonds. The van der Waals surface area contributed by atoms with Gasteiger partial charge in [-0.15, -0.1) is 0 Å². The molecule has 0 bridgehead atoms. The second kappa shape index (κ2) is 9.00. The number of nitrogens with one attached hydrogen (secondary N) is 2. The van der Waals surface area contributed by atoms with Crippen molar-refractivity contribution in [2.75, 3.05) is 17.2 Å². The van der Waals surface area contributed by atoms with Crippen LogP contribution < -0.4 is 10.6 Å². The maximum Gasteiger partial charge on any atom is 0.244 e. The van der Waals surface area contributed by atoms with Gasteiger partial charge in [-0.25, -0.2) is 9.37 Å². The average Bonchev–Trinajstić information content (AvgIpc) is 3.41. The van der Waals surface area contributed by atoms with Crippen LogP contribution in [0.4, 0.5) is 15.9 Å². The molecule has 2 aliphatic heterocycles. The Bertz CT molecular complexity index is 1530. The lowest BCUT2D eigenvalue weighted by molar-refractivity contribution is -0.150. The minimum absolute atomic E-state index is 0.0530. The molecule has 3 aromatic rings. The van der Waals surface area contributed by atoms with Gasteiger partial charge in [0.1, 0.15) is 18.2 Å². The number of carbonyl (C=O) groups is 3. The van der Waals surface area contributed by atoms with Gasteiger partial charge < -0.3 is 15.5 Å². The largest absolute Gasteiger partial charge is 0.326 e. The number of hydrogen-bond acceptors (Lipinski definition) is 4. The van der Waals surface area contributed by atoms with Crippen LogP contribution in [0.5, 0.6) is 0 Å². The normalized spacial score (nSPS) is 23.0. The number of carbonyl (C=O) groups excluding carboxylic acids is 3. The van der Waals surface area contributed by atoms with Gasteiger partial charge in [-0.2, -0.15) is 0 Å². The fraction of sp³-hybridized carbons (Fsp3) is 0.355. The molecule has 39 heavy (non-hydrogen) atoms. The minimum Gasteiger partial charge on any atom is -0.326 e. The highest BCUT2D eigenvalue weighted by Crippen LogP contribution is 2.47. The van der Waals surface area contributed by atoms with Gasteiger partial charge in [0.05, 0.1) is 11.5 Å². The van der Waals surface area contributed by atoms with Crippen LogP contribution in [0.15, 0.2) is 54.7 Å². The van der Waals surface area contributed by atoms with E-state index in [1.807, 2.05) is 50.2 Å². The number of amides is 3. The Balaban J connectivity index is 1.21. The van der Waals surface area contributed by atoms with Crippen LogP contribution in [-0.4, -0.2) is 34.2 Å².